The molecule has 0 bridgehead atoms. The Hall–Kier alpha value is -2.08. The molecule has 1 N–H and O–H groups in total. The van der Waals surface area contributed by atoms with Crippen molar-refractivity contribution in [3.63, 3.8) is 0 Å². The van der Waals surface area contributed by atoms with Crippen molar-refractivity contribution in [2.45, 2.75) is 32.4 Å². The molecule has 6 nitrogen and oxygen atoms in total. The van der Waals surface area contributed by atoms with Gasteiger partial charge in [-0.15, -0.1) is 0 Å². The highest BCUT2D eigenvalue weighted by molar-refractivity contribution is 5.40. The molecule has 2 heterocycles. The number of benzene rings is 1. The highest BCUT2D eigenvalue weighted by Gasteiger charge is 2.26. The minimum absolute atomic E-state index is 0.324. The number of rotatable bonds is 5. The molecule has 0 amide bonds. The summed E-state index contributed by atoms with van der Waals surface area (Å²) in [6, 6.07) is 8.01. The molecular formula is C15H19N3O3. The quantitative estimate of drug-likeness (QED) is 0.909. The van der Waals surface area contributed by atoms with E-state index in [0.717, 1.165) is 12.3 Å². The van der Waals surface area contributed by atoms with Gasteiger partial charge < -0.3 is 19.3 Å². The Morgan fingerprint density at radius 3 is 2.90 bits per heavy atom. The zero-order chi connectivity index (χ0) is 14.7. The summed E-state index contributed by atoms with van der Waals surface area (Å²) in [4.78, 5) is 4.38. The van der Waals surface area contributed by atoms with E-state index in [4.69, 9.17) is 14.0 Å². The van der Waals surface area contributed by atoms with Crippen molar-refractivity contribution in [3.8, 4) is 11.5 Å². The highest BCUT2D eigenvalue weighted by Crippen LogP contribution is 2.34. The van der Waals surface area contributed by atoms with Gasteiger partial charge in [-0.3, -0.25) is 0 Å². The van der Waals surface area contributed by atoms with Crippen LogP contribution in [-0.4, -0.2) is 29.3 Å². The van der Waals surface area contributed by atoms with E-state index in [1.165, 1.54) is 0 Å². The predicted octanol–water partition coefficient (Wildman–Crippen LogP) is 2.12. The standard InChI is InChI=1S/C15H19N3O3/c1-10(2)16-8-7-14-17-15(18-21-14)13-9-19-11-5-3-4-6-12(11)20-13/h3-6,10,13,16H,7-9H2,1-2H3. The van der Waals surface area contributed by atoms with Crippen molar-refractivity contribution in [3.05, 3.63) is 36.0 Å². The van der Waals surface area contributed by atoms with Gasteiger partial charge in [0.05, 0.1) is 0 Å². The molecule has 0 spiro atoms. The topological polar surface area (TPSA) is 69.4 Å². The highest BCUT2D eigenvalue weighted by atomic mass is 16.6. The predicted molar refractivity (Wildman–Crippen MR) is 76.4 cm³/mol. The molecule has 1 aromatic heterocycles. The number of hydrogen-bond donors (Lipinski definition) is 1. The lowest BCUT2D eigenvalue weighted by Gasteiger charge is -2.24. The molecule has 0 aliphatic carbocycles. The molecule has 0 saturated carbocycles. The van der Waals surface area contributed by atoms with E-state index in [-0.39, 0.29) is 6.10 Å². The molecule has 112 valence electrons. The second-order valence-corrected chi connectivity index (χ2v) is 5.27. The first-order valence-corrected chi connectivity index (χ1v) is 7.16. The fraction of sp³-hybridized carbons (Fsp3) is 0.467. The third kappa shape index (κ3) is 3.33. The summed E-state index contributed by atoms with van der Waals surface area (Å²) >= 11 is 0. The average Bonchev–Trinajstić information content (AvgIpc) is 2.95. The summed E-state index contributed by atoms with van der Waals surface area (Å²) in [6.45, 7) is 5.40. The molecule has 21 heavy (non-hydrogen) atoms. The average molecular weight is 289 g/mol. The van der Waals surface area contributed by atoms with E-state index in [9.17, 15) is 0 Å². The number of hydrogen-bond acceptors (Lipinski definition) is 6. The lowest BCUT2D eigenvalue weighted by atomic mass is 10.2. The maximum atomic E-state index is 5.85. The largest absolute Gasteiger partial charge is 0.485 e. The van der Waals surface area contributed by atoms with Crippen LogP contribution in [0.3, 0.4) is 0 Å². The van der Waals surface area contributed by atoms with E-state index in [1.807, 2.05) is 24.3 Å². The third-order valence-corrected chi connectivity index (χ3v) is 3.17. The Balaban J connectivity index is 1.62. The second kappa shape index (κ2) is 6.13. The van der Waals surface area contributed by atoms with E-state index < -0.39 is 0 Å². The fourth-order valence-corrected chi connectivity index (χ4v) is 2.11. The maximum Gasteiger partial charge on any atom is 0.228 e. The smallest absolute Gasteiger partial charge is 0.228 e. The molecule has 1 aliphatic rings. The summed E-state index contributed by atoms with van der Waals surface area (Å²) in [5, 5.41) is 7.30. The first-order chi connectivity index (χ1) is 10.2. The van der Waals surface area contributed by atoms with Crippen LogP contribution >= 0.6 is 0 Å². The number of aromatic nitrogens is 2. The van der Waals surface area contributed by atoms with Crippen LogP contribution in [0.2, 0.25) is 0 Å². The van der Waals surface area contributed by atoms with Crippen molar-refractivity contribution < 1.29 is 14.0 Å². The van der Waals surface area contributed by atoms with E-state index in [1.54, 1.807) is 0 Å². The first-order valence-electron chi connectivity index (χ1n) is 7.16. The Kier molecular flexibility index (Phi) is 4.06. The van der Waals surface area contributed by atoms with Gasteiger partial charge in [0.15, 0.2) is 17.6 Å². The zero-order valence-electron chi connectivity index (χ0n) is 12.2. The maximum absolute atomic E-state index is 5.85. The van der Waals surface area contributed by atoms with Crippen molar-refractivity contribution in [1.29, 1.82) is 0 Å². The summed E-state index contributed by atoms with van der Waals surface area (Å²) in [5.74, 6) is 2.60. The number of nitrogens with zero attached hydrogens (tertiary/aromatic N) is 2. The van der Waals surface area contributed by atoms with Crippen LogP contribution in [0.15, 0.2) is 28.8 Å². The van der Waals surface area contributed by atoms with E-state index in [2.05, 4.69) is 29.3 Å². The third-order valence-electron chi connectivity index (χ3n) is 3.17. The van der Waals surface area contributed by atoms with Gasteiger partial charge in [0.25, 0.3) is 0 Å². The molecule has 1 aliphatic heterocycles. The van der Waals surface area contributed by atoms with Gasteiger partial charge in [-0.25, -0.2) is 0 Å². The molecule has 6 heteroatoms. The molecule has 0 radical (unpaired) electrons. The molecule has 2 aromatic rings. The number of fused-ring (bicyclic) bond motifs is 1. The number of para-hydroxylation sites is 2. The molecule has 1 aromatic carbocycles. The zero-order valence-corrected chi connectivity index (χ0v) is 12.2. The Labute approximate surface area is 123 Å². The summed E-state index contributed by atoms with van der Waals surface area (Å²) in [6.07, 6.45) is 0.380. The van der Waals surface area contributed by atoms with E-state index >= 15 is 0 Å². The van der Waals surface area contributed by atoms with Crippen molar-refractivity contribution >= 4 is 0 Å². The molecule has 1 unspecified atom stereocenters. The van der Waals surface area contributed by atoms with Gasteiger partial charge in [0.1, 0.15) is 6.61 Å². The normalized spacial score (nSPS) is 17.2. The molecule has 3 rings (SSSR count). The number of ether oxygens (including phenoxy) is 2. The molecular weight excluding hydrogens is 270 g/mol. The molecule has 0 saturated heterocycles. The minimum atomic E-state index is -0.324. The molecule has 0 fully saturated rings. The number of nitrogens with one attached hydrogen (secondary N) is 1. The second-order valence-electron chi connectivity index (χ2n) is 5.27. The van der Waals surface area contributed by atoms with Gasteiger partial charge in [0.2, 0.25) is 11.7 Å². The summed E-state index contributed by atoms with van der Waals surface area (Å²) < 4.78 is 16.8. The van der Waals surface area contributed by atoms with Crippen molar-refractivity contribution in [2.75, 3.05) is 13.2 Å². The van der Waals surface area contributed by atoms with Crippen LogP contribution in [0.25, 0.3) is 0 Å². The Morgan fingerprint density at radius 2 is 2.10 bits per heavy atom. The Bertz CT molecular complexity index is 597. The van der Waals surface area contributed by atoms with Gasteiger partial charge in [-0.2, -0.15) is 4.98 Å². The SMILES string of the molecule is CC(C)NCCc1nc(C2COc3ccccc3O2)no1. The fourth-order valence-electron chi connectivity index (χ4n) is 2.11. The minimum Gasteiger partial charge on any atom is -0.485 e. The van der Waals surface area contributed by atoms with Crippen molar-refractivity contribution in [2.24, 2.45) is 0 Å². The summed E-state index contributed by atoms with van der Waals surface area (Å²) in [7, 11) is 0. The van der Waals surface area contributed by atoms with Crippen LogP contribution in [0.1, 0.15) is 31.7 Å². The van der Waals surface area contributed by atoms with Gasteiger partial charge in [-0.1, -0.05) is 31.1 Å². The van der Waals surface area contributed by atoms with Crippen LogP contribution < -0.4 is 14.8 Å². The molecule has 1 atom stereocenters. The lowest BCUT2D eigenvalue weighted by molar-refractivity contribution is 0.0832. The summed E-state index contributed by atoms with van der Waals surface area (Å²) in [5.41, 5.74) is 0. The van der Waals surface area contributed by atoms with Crippen LogP contribution in [0.5, 0.6) is 11.5 Å². The van der Waals surface area contributed by atoms with E-state index in [0.29, 0.717) is 36.5 Å². The van der Waals surface area contributed by atoms with Gasteiger partial charge in [0, 0.05) is 19.0 Å². The lowest BCUT2D eigenvalue weighted by Crippen LogP contribution is -2.25. The van der Waals surface area contributed by atoms with Gasteiger partial charge in [-0.05, 0) is 12.1 Å². The first kappa shape index (κ1) is 13.9. The van der Waals surface area contributed by atoms with Crippen LogP contribution in [0.4, 0.5) is 0 Å². The van der Waals surface area contributed by atoms with Gasteiger partial charge >= 0.3 is 0 Å². The van der Waals surface area contributed by atoms with Crippen LogP contribution in [0, 0.1) is 0 Å². The van der Waals surface area contributed by atoms with Crippen LogP contribution in [-0.2, 0) is 6.42 Å². The van der Waals surface area contributed by atoms with Crippen molar-refractivity contribution in [1.82, 2.24) is 15.5 Å². The monoisotopic (exact) mass is 289 g/mol. The Morgan fingerprint density at radius 1 is 1.29 bits per heavy atom.